The van der Waals surface area contributed by atoms with Crippen molar-refractivity contribution in [3.63, 3.8) is 0 Å². The van der Waals surface area contributed by atoms with E-state index >= 15 is 0 Å². The minimum atomic E-state index is -0.285. The predicted molar refractivity (Wildman–Crippen MR) is 94.7 cm³/mol. The largest absolute Gasteiger partial charge is 0.493 e. The zero-order chi connectivity index (χ0) is 17.5. The van der Waals surface area contributed by atoms with Gasteiger partial charge in [0.2, 0.25) is 5.91 Å². The summed E-state index contributed by atoms with van der Waals surface area (Å²) in [4.78, 5) is 17.3. The van der Waals surface area contributed by atoms with E-state index in [1.807, 2.05) is 36.9 Å². The summed E-state index contributed by atoms with van der Waals surface area (Å²) in [7, 11) is 3.24. The topological polar surface area (TPSA) is 54.0 Å². The molecule has 1 aliphatic heterocycles. The van der Waals surface area contributed by atoms with E-state index in [0.29, 0.717) is 24.6 Å². The summed E-state index contributed by atoms with van der Waals surface area (Å²) in [5, 5.41) is 3.35. The summed E-state index contributed by atoms with van der Waals surface area (Å²) in [6, 6.07) is 5.48. The highest BCUT2D eigenvalue weighted by atomic mass is 16.5. The van der Waals surface area contributed by atoms with E-state index in [0.717, 1.165) is 31.7 Å². The zero-order valence-corrected chi connectivity index (χ0v) is 15.2. The molecule has 0 saturated carbocycles. The molecule has 1 aromatic carbocycles. The second-order valence-electron chi connectivity index (χ2n) is 5.81. The predicted octanol–water partition coefficient (Wildman–Crippen LogP) is 1.52. The van der Waals surface area contributed by atoms with Crippen molar-refractivity contribution in [1.29, 1.82) is 0 Å². The maximum Gasteiger partial charge on any atom is 0.244 e. The Morgan fingerprint density at radius 2 is 1.79 bits per heavy atom. The van der Waals surface area contributed by atoms with Gasteiger partial charge in [0.05, 0.1) is 14.2 Å². The number of likely N-dealkylation sites (N-methyl/N-ethyl adjacent to an activating group) is 1. The van der Waals surface area contributed by atoms with Crippen molar-refractivity contribution >= 4 is 5.91 Å². The van der Waals surface area contributed by atoms with E-state index in [1.54, 1.807) is 14.2 Å². The molecule has 1 aromatic rings. The van der Waals surface area contributed by atoms with Gasteiger partial charge in [0, 0.05) is 39.3 Å². The lowest BCUT2D eigenvalue weighted by atomic mass is 10.0. The van der Waals surface area contributed by atoms with Crippen LogP contribution in [0.15, 0.2) is 18.2 Å². The number of benzene rings is 1. The Balaban J connectivity index is 2.39. The molecule has 134 valence electrons. The van der Waals surface area contributed by atoms with Crippen LogP contribution in [0.25, 0.3) is 0 Å². The summed E-state index contributed by atoms with van der Waals surface area (Å²) >= 11 is 0. The Kier molecular flexibility index (Phi) is 6.87. The molecule has 2 rings (SSSR count). The van der Waals surface area contributed by atoms with Crippen LogP contribution in [-0.4, -0.2) is 69.2 Å². The minimum Gasteiger partial charge on any atom is -0.493 e. The summed E-state index contributed by atoms with van der Waals surface area (Å²) < 4.78 is 10.7. The first kappa shape index (κ1) is 18.5. The molecule has 0 radical (unpaired) electrons. The molecule has 1 fully saturated rings. The molecule has 24 heavy (non-hydrogen) atoms. The maximum atomic E-state index is 13.2. The first-order valence-corrected chi connectivity index (χ1v) is 8.61. The SMILES string of the molecule is CCN(CC)C(=O)C(c1ccc(OC)c(OC)c1)N1CCNCC1. The molecule has 1 unspecified atom stereocenters. The lowest BCUT2D eigenvalue weighted by molar-refractivity contribution is -0.137. The van der Waals surface area contributed by atoms with Gasteiger partial charge >= 0.3 is 0 Å². The maximum absolute atomic E-state index is 13.2. The molecule has 0 aromatic heterocycles. The quantitative estimate of drug-likeness (QED) is 0.819. The number of ether oxygens (including phenoxy) is 2. The Hall–Kier alpha value is -1.79. The molecule has 6 heteroatoms. The average molecular weight is 335 g/mol. The molecule has 0 bridgehead atoms. The van der Waals surface area contributed by atoms with Crippen molar-refractivity contribution in [3.05, 3.63) is 23.8 Å². The van der Waals surface area contributed by atoms with Gasteiger partial charge in [-0.05, 0) is 31.5 Å². The zero-order valence-electron chi connectivity index (χ0n) is 15.2. The average Bonchev–Trinajstić information content (AvgIpc) is 2.63. The second-order valence-corrected chi connectivity index (χ2v) is 5.81. The van der Waals surface area contributed by atoms with Crippen LogP contribution >= 0.6 is 0 Å². The molecule has 1 amide bonds. The smallest absolute Gasteiger partial charge is 0.244 e. The van der Waals surface area contributed by atoms with Gasteiger partial charge in [0.1, 0.15) is 6.04 Å². The van der Waals surface area contributed by atoms with Crippen molar-refractivity contribution < 1.29 is 14.3 Å². The lowest BCUT2D eigenvalue weighted by Gasteiger charge is -2.37. The van der Waals surface area contributed by atoms with Crippen molar-refractivity contribution in [3.8, 4) is 11.5 Å². The van der Waals surface area contributed by atoms with Crippen LogP contribution in [-0.2, 0) is 4.79 Å². The van der Waals surface area contributed by atoms with E-state index in [2.05, 4.69) is 10.2 Å². The Bertz CT molecular complexity index is 540. The summed E-state index contributed by atoms with van der Waals surface area (Å²) in [5.74, 6) is 1.48. The van der Waals surface area contributed by atoms with E-state index in [1.165, 1.54) is 0 Å². The summed E-state index contributed by atoms with van der Waals surface area (Å²) in [6.07, 6.45) is 0. The van der Waals surface area contributed by atoms with Gasteiger partial charge in [-0.15, -0.1) is 0 Å². The molecular formula is C18H29N3O3. The number of methoxy groups -OCH3 is 2. The molecule has 0 aliphatic carbocycles. The van der Waals surface area contributed by atoms with Gasteiger partial charge in [-0.1, -0.05) is 6.07 Å². The number of nitrogens with zero attached hydrogens (tertiary/aromatic N) is 2. The number of hydrogen-bond acceptors (Lipinski definition) is 5. The Morgan fingerprint density at radius 3 is 2.33 bits per heavy atom. The van der Waals surface area contributed by atoms with E-state index < -0.39 is 0 Å². The number of amides is 1. The standard InChI is InChI=1S/C18H29N3O3/c1-5-20(6-2)18(22)17(21-11-9-19-10-12-21)14-7-8-15(23-3)16(13-14)24-4/h7-8,13,17,19H,5-6,9-12H2,1-4H3. The number of hydrogen-bond donors (Lipinski definition) is 1. The summed E-state index contributed by atoms with van der Waals surface area (Å²) in [5.41, 5.74) is 0.950. The number of rotatable bonds is 7. The normalized spacial score (nSPS) is 16.5. The number of carbonyl (C=O) groups excluding carboxylic acids is 1. The molecule has 1 N–H and O–H groups in total. The van der Waals surface area contributed by atoms with Crippen LogP contribution in [0, 0.1) is 0 Å². The molecule has 1 aliphatic rings. The molecule has 6 nitrogen and oxygen atoms in total. The second kappa shape index (κ2) is 8.89. The molecule has 1 heterocycles. The van der Waals surface area contributed by atoms with E-state index in [9.17, 15) is 4.79 Å². The van der Waals surface area contributed by atoms with Crippen LogP contribution in [0.1, 0.15) is 25.5 Å². The molecule has 1 atom stereocenters. The van der Waals surface area contributed by atoms with Gasteiger partial charge in [-0.25, -0.2) is 0 Å². The number of carbonyl (C=O) groups is 1. The van der Waals surface area contributed by atoms with Crippen molar-refractivity contribution in [2.45, 2.75) is 19.9 Å². The van der Waals surface area contributed by atoms with Gasteiger partial charge < -0.3 is 19.7 Å². The monoisotopic (exact) mass is 335 g/mol. The Morgan fingerprint density at radius 1 is 1.17 bits per heavy atom. The minimum absolute atomic E-state index is 0.147. The van der Waals surface area contributed by atoms with E-state index in [-0.39, 0.29) is 11.9 Å². The van der Waals surface area contributed by atoms with Crippen LogP contribution < -0.4 is 14.8 Å². The number of nitrogens with one attached hydrogen (secondary N) is 1. The summed E-state index contributed by atoms with van der Waals surface area (Å²) in [6.45, 7) is 8.97. The molecule has 1 saturated heterocycles. The highest BCUT2D eigenvalue weighted by Crippen LogP contribution is 2.33. The van der Waals surface area contributed by atoms with Crippen molar-refractivity contribution in [2.24, 2.45) is 0 Å². The van der Waals surface area contributed by atoms with Crippen LogP contribution in [0.3, 0.4) is 0 Å². The fourth-order valence-electron chi connectivity index (χ4n) is 3.18. The van der Waals surface area contributed by atoms with Gasteiger partial charge in [-0.2, -0.15) is 0 Å². The fraction of sp³-hybridized carbons (Fsp3) is 0.611. The first-order chi connectivity index (χ1) is 11.7. The van der Waals surface area contributed by atoms with Crippen LogP contribution in [0.2, 0.25) is 0 Å². The fourth-order valence-corrected chi connectivity index (χ4v) is 3.18. The third-order valence-electron chi connectivity index (χ3n) is 4.55. The molecular weight excluding hydrogens is 306 g/mol. The van der Waals surface area contributed by atoms with Gasteiger partial charge in [-0.3, -0.25) is 9.69 Å². The third kappa shape index (κ3) is 3.99. The highest BCUT2D eigenvalue weighted by Gasteiger charge is 2.31. The third-order valence-corrected chi connectivity index (χ3v) is 4.55. The first-order valence-electron chi connectivity index (χ1n) is 8.61. The van der Waals surface area contributed by atoms with Gasteiger partial charge in [0.25, 0.3) is 0 Å². The van der Waals surface area contributed by atoms with Crippen molar-refractivity contribution in [2.75, 3.05) is 53.5 Å². The van der Waals surface area contributed by atoms with Crippen molar-refractivity contribution in [1.82, 2.24) is 15.1 Å². The highest BCUT2D eigenvalue weighted by molar-refractivity contribution is 5.83. The number of piperazine rings is 1. The lowest BCUT2D eigenvalue weighted by Crippen LogP contribution is -2.50. The van der Waals surface area contributed by atoms with E-state index in [4.69, 9.17) is 9.47 Å². The Labute approximate surface area is 144 Å². The van der Waals surface area contributed by atoms with Gasteiger partial charge in [0.15, 0.2) is 11.5 Å². The van der Waals surface area contributed by atoms with Crippen LogP contribution in [0.4, 0.5) is 0 Å². The molecule has 0 spiro atoms. The van der Waals surface area contributed by atoms with Crippen LogP contribution in [0.5, 0.6) is 11.5 Å².